The largest absolute Gasteiger partial charge is 0.493 e. The van der Waals surface area contributed by atoms with Crippen LogP contribution in [0.25, 0.3) is 0 Å². The number of amides is 1. The van der Waals surface area contributed by atoms with Crippen molar-refractivity contribution in [1.82, 2.24) is 5.32 Å². The molecule has 0 unspecified atom stereocenters. The van der Waals surface area contributed by atoms with Gasteiger partial charge in [0.2, 0.25) is 5.91 Å². The van der Waals surface area contributed by atoms with Crippen LogP contribution in [-0.2, 0) is 17.8 Å². The number of carboxylic acids is 1. The smallest absolute Gasteiger partial charge is 0.335 e. The van der Waals surface area contributed by atoms with E-state index in [9.17, 15) is 14.7 Å². The fraction of sp³-hybridized carbons (Fsp3) is 0.364. The molecule has 2 aromatic carbocycles. The van der Waals surface area contributed by atoms with E-state index in [1.807, 2.05) is 24.3 Å². The molecule has 1 amide bonds. The molecule has 0 aliphatic carbocycles. The molecule has 0 atom stereocenters. The van der Waals surface area contributed by atoms with Crippen molar-refractivity contribution in [3.05, 3.63) is 65.2 Å². The summed E-state index contributed by atoms with van der Waals surface area (Å²) in [6.07, 6.45) is 1.60. The molecule has 2 rings (SSSR count). The molecule has 2 aromatic rings. The molecule has 27 heavy (non-hydrogen) atoms. The lowest BCUT2D eigenvalue weighted by Gasteiger charge is -2.13. The predicted molar refractivity (Wildman–Crippen MR) is 105 cm³/mol. The van der Waals surface area contributed by atoms with Crippen LogP contribution in [0.5, 0.6) is 5.75 Å². The molecule has 0 fully saturated rings. The van der Waals surface area contributed by atoms with Crippen molar-refractivity contribution in [2.75, 3.05) is 6.61 Å². The van der Waals surface area contributed by atoms with E-state index < -0.39 is 5.97 Å². The van der Waals surface area contributed by atoms with E-state index in [1.165, 1.54) is 0 Å². The third-order valence-corrected chi connectivity index (χ3v) is 4.27. The van der Waals surface area contributed by atoms with Gasteiger partial charge < -0.3 is 15.2 Å². The number of hydrogen-bond donors (Lipinski definition) is 2. The van der Waals surface area contributed by atoms with E-state index in [1.54, 1.807) is 24.3 Å². The average Bonchev–Trinajstić information content (AvgIpc) is 2.65. The minimum Gasteiger partial charge on any atom is -0.493 e. The summed E-state index contributed by atoms with van der Waals surface area (Å²) < 4.78 is 5.84. The number of rotatable bonds is 10. The molecule has 0 aliphatic heterocycles. The summed E-state index contributed by atoms with van der Waals surface area (Å²) >= 11 is 0. The van der Waals surface area contributed by atoms with Crippen molar-refractivity contribution < 1.29 is 19.4 Å². The Kier molecular flexibility index (Phi) is 7.86. The van der Waals surface area contributed by atoms with Gasteiger partial charge in [-0.25, -0.2) is 4.79 Å². The van der Waals surface area contributed by atoms with Crippen LogP contribution in [0.1, 0.15) is 48.2 Å². The number of aryl methyl sites for hydroxylation is 1. The van der Waals surface area contributed by atoms with Crippen molar-refractivity contribution in [3.8, 4) is 5.75 Å². The van der Waals surface area contributed by atoms with Crippen LogP contribution < -0.4 is 10.1 Å². The Balaban J connectivity index is 1.86. The Bertz CT molecular complexity index is 770. The minimum atomic E-state index is -0.974. The fourth-order valence-corrected chi connectivity index (χ4v) is 2.67. The molecular formula is C22H27NO4. The maximum atomic E-state index is 12.2. The van der Waals surface area contributed by atoms with Crippen LogP contribution in [0.2, 0.25) is 0 Å². The molecule has 144 valence electrons. The molecule has 0 aliphatic rings. The van der Waals surface area contributed by atoms with Crippen molar-refractivity contribution in [3.63, 3.8) is 0 Å². The topological polar surface area (TPSA) is 75.6 Å². The second-order valence-corrected chi connectivity index (χ2v) is 6.88. The van der Waals surface area contributed by atoms with Crippen LogP contribution in [0.15, 0.2) is 48.5 Å². The van der Waals surface area contributed by atoms with Gasteiger partial charge in [0.15, 0.2) is 0 Å². The first-order chi connectivity index (χ1) is 13.0. The zero-order valence-corrected chi connectivity index (χ0v) is 15.9. The number of carboxylic acid groups (broad SMARTS) is 1. The summed E-state index contributed by atoms with van der Waals surface area (Å²) in [6, 6.07) is 14.4. The van der Waals surface area contributed by atoms with Gasteiger partial charge in [-0.3, -0.25) is 4.79 Å². The first kappa shape index (κ1) is 20.5. The number of carbonyl (C=O) groups excluding carboxylic acids is 1. The molecule has 0 heterocycles. The lowest BCUT2D eigenvalue weighted by atomic mass is 10.0. The van der Waals surface area contributed by atoms with Gasteiger partial charge in [-0.1, -0.05) is 50.2 Å². The van der Waals surface area contributed by atoms with Gasteiger partial charge in [-0.15, -0.1) is 0 Å². The maximum absolute atomic E-state index is 12.2. The normalized spacial score (nSPS) is 10.6. The van der Waals surface area contributed by atoms with Gasteiger partial charge in [-0.05, 0) is 36.5 Å². The van der Waals surface area contributed by atoms with Crippen LogP contribution in [0.3, 0.4) is 0 Å². The monoisotopic (exact) mass is 369 g/mol. The van der Waals surface area contributed by atoms with Crippen LogP contribution >= 0.6 is 0 Å². The Morgan fingerprint density at radius 3 is 2.41 bits per heavy atom. The van der Waals surface area contributed by atoms with E-state index in [0.29, 0.717) is 31.1 Å². The Hall–Kier alpha value is -2.82. The third kappa shape index (κ3) is 6.77. The first-order valence-electron chi connectivity index (χ1n) is 9.26. The molecule has 0 saturated heterocycles. The molecule has 5 nitrogen and oxygen atoms in total. The van der Waals surface area contributed by atoms with Crippen molar-refractivity contribution >= 4 is 11.9 Å². The summed E-state index contributed by atoms with van der Waals surface area (Å²) in [7, 11) is 0. The van der Waals surface area contributed by atoms with Crippen molar-refractivity contribution in [2.45, 2.75) is 39.7 Å². The van der Waals surface area contributed by atoms with Gasteiger partial charge in [-0.2, -0.15) is 0 Å². The zero-order valence-electron chi connectivity index (χ0n) is 15.9. The highest BCUT2D eigenvalue weighted by atomic mass is 16.5. The summed E-state index contributed by atoms with van der Waals surface area (Å²) in [5.74, 6) is 0.269. The second kappa shape index (κ2) is 10.4. The fourth-order valence-electron chi connectivity index (χ4n) is 2.67. The summed E-state index contributed by atoms with van der Waals surface area (Å²) in [4.78, 5) is 23.4. The van der Waals surface area contributed by atoms with E-state index in [0.717, 1.165) is 17.7 Å². The minimum absolute atomic E-state index is 0.118. The molecule has 0 spiro atoms. The maximum Gasteiger partial charge on any atom is 0.335 e. The van der Waals surface area contributed by atoms with E-state index in [2.05, 4.69) is 19.2 Å². The third-order valence-electron chi connectivity index (χ3n) is 4.27. The van der Waals surface area contributed by atoms with Gasteiger partial charge in [0, 0.05) is 18.5 Å². The number of benzene rings is 2. The summed E-state index contributed by atoms with van der Waals surface area (Å²) in [5, 5.41) is 12.1. The second-order valence-electron chi connectivity index (χ2n) is 6.88. The highest BCUT2D eigenvalue weighted by Crippen LogP contribution is 2.19. The summed E-state index contributed by atoms with van der Waals surface area (Å²) in [5.41, 5.74) is 1.84. The van der Waals surface area contributed by atoms with Gasteiger partial charge >= 0.3 is 5.97 Å². The number of nitrogens with one attached hydrogen (secondary N) is 1. The van der Waals surface area contributed by atoms with Gasteiger partial charge in [0.05, 0.1) is 12.2 Å². The highest BCUT2D eigenvalue weighted by Gasteiger charge is 2.11. The quantitative estimate of drug-likeness (QED) is 0.662. The standard InChI is InChI=1S/C22H27NO4/c1-16(2)13-14-27-20-10-6-4-8-18(20)15-23-21(24)12-11-17-7-3-5-9-19(17)22(25)26/h3-10,16H,11-15H2,1-2H3,(H,23,24)(H,25,26). The average molecular weight is 369 g/mol. The number of carbonyl (C=O) groups is 2. The Morgan fingerprint density at radius 1 is 1.04 bits per heavy atom. The van der Waals surface area contributed by atoms with E-state index in [4.69, 9.17) is 4.74 Å². The highest BCUT2D eigenvalue weighted by molar-refractivity contribution is 5.89. The summed E-state index contributed by atoms with van der Waals surface area (Å²) in [6.45, 7) is 5.34. The molecule has 0 radical (unpaired) electrons. The molecule has 0 aromatic heterocycles. The van der Waals surface area contributed by atoms with Crippen molar-refractivity contribution in [1.29, 1.82) is 0 Å². The number of hydrogen-bond acceptors (Lipinski definition) is 3. The predicted octanol–water partition coefficient (Wildman–Crippen LogP) is 4.06. The molecule has 2 N–H and O–H groups in total. The van der Waals surface area contributed by atoms with Crippen LogP contribution in [-0.4, -0.2) is 23.6 Å². The Morgan fingerprint density at radius 2 is 1.70 bits per heavy atom. The SMILES string of the molecule is CC(C)CCOc1ccccc1CNC(=O)CCc1ccccc1C(=O)O. The van der Waals surface area contributed by atoms with E-state index >= 15 is 0 Å². The van der Waals surface area contributed by atoms with Gasteiger partial charge in [0.1, 0.15) is 5.75 Å². The Labute approximate surface area is 160 Å². The molecule has 0 saturated carbocycles. The zero-order chi connectivity index (χ0) is 19.6. The number of para-hydroxylation sites is 1. The van der Waals surface area contributed by atoms with Crippen LogP contribution in [0.4, 0.5) is 0 Å². The molecule has 0 bridgehead atoms. The lowest BCUT2D eigenvalue weighted by Crippen LogP contribution is -2.23. The molecular weight excluding hydrogens is 342 g/mol. The first-order valence-corrected chi connectivity index (χ1v) is 9.26. The van der Waals surface area contributed by atoms with Crippen LogP contribution in [0, 0.1) is 5.92 Å². The van der Waals surface area contributed by atoms with Crippen molar-refractivity contribution in [2.24, 2.45) is 5.92 Å². The van der Waals surface area contributed by atoms with E-state index in [-0.39, 0.29) is 17.9 Å². The number of ether oxygens (including phenoxy) is 1. The molecule has 5 heteroatoms. The number of aromatic carboxylic acids is 1. The van der Waals surface area contributed by atoms with Gasteiger partial charge in [0.25, 0.3) is 0 Å². The lowest BCUT2D eigenvalue weighted by molar-refractivity contribution is -0.121.